The zero-order valence-electron chi connectivity index (χ0n) is 21.5. The molecule has 0 radical (unpaired) electrons. The van der Waals surface area contributed by atoms with Gasteiger partial charge in [0.25, 0.3) is 5.91 Å². The van der Waals surface area contributed by atoms with Gasteiger partial charge in [-0.2, -0.15) is 0 Å². The lowest BCUT2D eigenvalue weighted by Gasteiger charge is -2.17. The molecule has 0 aliphatic carbocycles. The monoisotopic (exact) mass is 549 g/mol. The maximum atomic E-state index is 13.6. The highest BCUT2D eigenvalue weighted by Gasteiger charge is 2.24. The molecule has 4 aromatic carbocycles. The molecule has 7 heteroatoms. The molecule has 0 aliphatic rings. The van der Waals surface area contributed by atoms with Crippen LogP contribution in [0.2, 0.25) is 0 Å². The van der Waals surface area contributed by atoms with Gasteiger partial charge in [-0.25, -0.2) is 4.98 Å². The maximum Gasteiger partial charge on any atom is 0.255 e. The highest BCUT2D eigenvalue weighted by Crippen LogP contribution is 2.38. The van der Waals surface area contributed by atoms with E-state index < -0.39 is 5.25 Å². The van der Waals surface area contributed by atoms with Gasteiger partial charge in [0.05, 0.1) is 5.69 Å². The molecule has 39 heavy (non-hydrogen) atoms. The predicted octanol–water partition coefficient (Wildman–Crippen LogP) is 8.15. The van der Waals surface area contributed by atoms with Gasteiger partial charge in [-0.15, -0.1) is 23.1 Å². The van der Waals surface area contributed by atoms with Crippen LogP contribution in [0.3, 0.4) is 0 Å². The van der Waals surface area contributed by atoms with Crippen molar-refractivity contribution in [2.45, 2.75) is 24.0 Å². The van der Waals surface area contributed by atoms with E-state index >= 15 is 0 Å². The fourth-order valence-corrected chi connectivity index (χ4v) is 6.00. The van der Waals surface area contributed by atoms with Gasteiger partial charge in [0.2, 0.25) is 5.91 Å². The molecule has 0 saturated heterocycles. The van der Waals surface area contributed by atoms with Crippen LogP contribution in [0, 0.1) is 13.8 Å². The fraction of sp³-hybridized carbons (Fsp3) is 0.0938. The Labute approximate surface area is 236 Å². The molecule has 0 fully saturated rings. The first-order valence-electron chi connectivity index (χ1n) is 12.5. The number of carbonyl (C=O) groups is 2. The number of hydrogen-bond acceptors (Lipinski definition) is 5. The quantitative estimate of drug-likeness (QED) is 0.192. The van der Waals surface area contributed by atoms with Crippen molar-refractivity contribution >= 4 is 45.7 Å². The Morgan fingerprint density at radius 1 is 0.795 bits per heavy atom. The topological polar surface area (TPSA) is 71.1 Å². The number of anilines is 2. The first-order chi connectivity index (χ1) is 19.0. The summed E-state index contributed by atoms with van der Waals surface area (Å²) in [5.41, 5.74) is 5.13. The highest BCUT2D eigenvalue weighted by atomic mass is 32.2. The number of rotatable bonds is 8. The molecule has 1 heterocycles. The molecule has 2 N–H and O–H groups in total. The van der Waals surface area contributed by atoms with Crippen LogP contribution >= 0.6 is 23.1 Å². The average molecular weight is 550 g/mol. The molecule has 0 spiro atoms. The second-order valence-corrected chi connectivity index (χ2v) is 11.4. The van der Waals surface area contributed by atoms with Gasteiger partial charge in [-0.05, 0) is 49.7 Å². The minimum absolute atomic E-state index is 0.159. The summed E-state index contributed by atoms with van der Waals surface area (Å²) in [6.07, 6.45) is 0. The maximum absolute atomic E-state index is 13.6. The molecule has 1 aromatic heterocycles. The van der Waals surface area contributed by atoms with Gasteiger partial charge in [-0.3, -0.25) is 9.59 Å². The Morgan fingerprint density at radius 2 is 1.49 bits per heavy atom. The number of nitrogens with zero attached hydrogens (tertiary/aromatic N) is 1. The zero-order chi connectivity index (χ0) is 27.2. The summed E-state index contributed by atoms with van der Waals surface area (Å²) in [4.78, 5) is 33.0. The normalized spacial score (nSPS) is 11.5. The average Bonchev–Trinajstić information content (AvgIpc) is 3.32. The van der Waals surface area contributed by atoms with E-state index in [4.69, 9.17) is 4.98 Å². The molecule has 5 aromatic rings. The van der Waals surface area contributed by atoms with E-state index in [1.165, 1.54) is 23.1 Å². The van der Waals surface area contributed by atoms with Crippen LogP contribution in [0.4, 0.5) is 10.8 Å². The lowest BCUT2D eigenvalue weighted by molar-refractivity contribution is -0.115. The third kappa shape index (κ3) is 6.63. The number of hydrogen-bond donors (Lipinski definition) is 2. The predicted molar refractivity (Wildman–Crippen MR) is 162 cm³/mol. The third-order valence-electron chi connectivity index (χ3n) is 6.07. The van der Waals surface area contributed by atoms with Crippen LogP contribution in [0.25, 0.3) is 11.3 Å². The third-order valence-corrected chi connectivity index (χ3v) is 8.21. The van der Waals surface area contributed by atoms with Crippen molar-refractivity contribution in [1.29, 1.82) is 0 Å². The van der Waals surface area contributed by atoms with E-state index in [0.717, 1.165) is 32.2 Å². The van der Waals surface area contributed by atoms with E-state index in [0.29, 0.717) is 16.4 Å². The molecule has 2 amide bonds. The summed E-state index contributed by atoms with van der Waals surface area (Å²) in [5.74, 6) is -0.337. The lowest BCUT2D eigenvalue weighted by Crippen LogP contribution is -2.19. The summed E-state index contributed by atoms with van der Waals surface area (Å²) in [6.45, 7) is 4.00. The molecule has 1 atom stereocenters. The van der Waals surface area contributed by atoms with Crippen molar-refractivity contribution in [1.82, 2.24) is 4.98 Å². The van der Waals surface area contributed by atoms with Crippen LogP contribution < -0.4 is 10.6 Å². The van der Waals surface area contributed by atoms with E-state index in [1.807, 2.05) is 123 Å². The number of aromatic nitrogens is 1. The summed E-state index contributed by atoms with van der Waals surface area (Å²) in [6, 6.07) is 34.6. The summed E-state index contributed by atoms with van der Waals surface area (Å²) >= 11 is 2.89. The van der Waals surface area contributed by atoms with E-state index in [2.05, 4.69) is 10.6 Å². The largest absolute Gasteiger partial charge is 0.322 e. The molecule has 5 nitrogen and oxygen atoms in total. The Morgan fingerprint density at radius 3 is 2.21 bits per heavy atom. The van der Waals surface area contributed by atoms with Crippen molar-refractivity contribution in [3.8, 4) is 11.3 Å². The van der Waals surface area contributed by atoms with Gasteiger partial charge in [-0.1, -0.05) is 84.4 Å². The first-order valence-corrected chi connectivity index (χ1v) is 14.2. The minimum atomic E-state index is -0.515. The fourth-order valence-electron chi connectivity index (χ4n) is 4.08. The highest BCUT2D eigenvalue weighted by molar-refractivity contribution is 8.00. The van der Waals surface area contributed by atoms with Crippen LogP contribution in [-0.4, -0.2) is 16.8 Å². The number of thiazole rings is 1. The Bertz CT molecular complexity index is 1580. The Balaban J connectivity index is 1.35. The van der Waals surface area contributed by atoms with E-state index in [-0.39, 0.29) is 11.8 Å². The standard InChI is InChI=1S/C32H27N3O2S2/c1-21-16-18-25(19-17-21)30(36)33-26-14-9-15-27(20-26)39-29(24-12-7-4-8-13-24)31(37)35-32-34-28(22(2)38-32)23-10-5-3-6-11-23/h3-20,29H,1-2H3,(H,33,36)(H,34,35,37). The second-order valence-electron chi connectivity index (χ2n) is 9.04. The van der Waals surface area contributed by atoms with E-state index in [1.54, 1.807) is 0 Å². The molecule has 0 bridgehead atoms. The zero-order valence-corrected chi connectivity index (χ0v) is 23.2. The number of nitrogens with one attached hydrogen (secondary N) is 2. The van der Waals surface area contributed by atoms with Crippen molar-refractivity contribution in [2.24, 2.45) is 0 Å². The Hall–Kier alpha value is -4.20. The number of amides is 2. The summed E-state index contributed by atoms with van der Waals surface area (Å²) in [5, 5.41) is 6.06. The smallest absolute Gasteiger partial charge is 0.255 e. The molecular formula is C32H27N3O2S2. The molecule has 0 aliphatic heterocycles. The van der Waals surface area contributed by atoms with Crippen molar-refractivity contribution in [3.05, 3.63) is 131 Å². The lowest BCUT2D eigenvalue weighted by atomic mass is 10.1. The van der Waals surface area contributed by atoms with Gasteiger partial charge in [0.1, 0.15) is 5.25 Å². The van der Waals surface area contributed by atoms with E-state index in [9.17, 15) is 9.59 Å². The molecular weight excluding hydrogens is 523 g/mol. The van der Waals surface area contributed by atoms with Crippen molar-refractivity contribution in [2.75, 3.05) is 10.6 Å². The van der Waals surface area contributed by atoms with Crippen LogP contribution in [0.15, 0.2) is 114 Å². The first kappa shape index (κ1) is 26.4. The Kier molecular flexibility index (Phi) is 8.20. The van der Waals surface area contributed by atoms with Crippen LogP contribution in [0.5, 0.6) is 0 Å². The summed E-state index contributed by atoms with van der Waals surface area (Å²) in [7, 11) is 0. The minimum Gasteiger partial charge on any atom is -0.322 e. The number of aryl methyl sites for hydroxylation is 2. The van der Waals surface area contributed by atoms with Crippen molar-refractivity contribution in [3.63, 3.8) is 0 Å². The molecule has 0 saturated carbocycles. The van der Waals surface area contributed by atoms with Crippen LogP contribution in [0.1, 0.15) is 31.6 Å². The second kappa shape index (κ2) is 12.1. The van der Waals surface area contributed by atoms with Crippen molar-refractivity contribution < 1.29 is 9.59 Å². The van der Waals surface area contributed by atoms with Gasteiger partial charge in [0.15, 0.2) is 5.13 Å². The molecule has 194 valence electrons. The van der Waals surface area contributed by atoms with Crippen LogP contribution in [-0.2, 0) is 4.79 Å². The van der Waals surface area contributed by atoms with Gasteiger partial charge in [0, 0.05) is 26.6 Å². The van der Waals surface area contributed by atoms with Gasteiger partial charge >= 0.3 is 0 Å². The number of carbonyl (C=O) groups excluding carboxylic acids is 2. The number of thioether (sulfide) groups is 1. The molecule has 1 unspecified atom stereocenters. The van der Waals surface area contributed by atoms with Gasteiger partial charge < -0.3 is 10.6 Å². The SMILES string of the molecule is Cc1ccc(C(=O)Nc2cccc(SC(C(=O)Nc3nc(-c4ccccc4)c(C)s3)c3ccccc3)c2)cc1. The number of benzene rings is 4. The molecule has 5 rings (SSSR count). The summed E-state index contributed by atoms with van der Waals surface area (Å²) < 4.78 is 0.